The third-order valence-corrected chi connectivity index (χ3v) is 3.95. The van der Waals surface area contributed by atoms with Crippen molar-refractivity contribution in [3.8, 4) is 0 Å². The summed E-state index contributed by atoms with van der Waals surface area (Å²) in [5, 5.41) is 6.62. The molecule has 7 heteroatoms. The molecule has 3 aromatic heterocycles. The summed E-state index contributed by atoms with van der Waals surface area (Å²) in [7, 11) is 1.75. The number of aliphatic imine (C=N–C) groups is 1. The van der Waals surface area contributed by atoms with Crippen molar-refractivity contribution < 1.29 is 4.42 Å². The zero-order valence-corrected chi connectivity index (χ0v) is 17.2. The highest BCUT2D eigenvalue weighted by atomic mass is 127. The Morgan fingerprint density at radius 3 is 2.72 bits per heavy atom. The zero-order valence-electron chi connectivity index (χ0n) is 14.9. The van der Waals surface area contributed by atoms with Crippen molar-refractivity contribution in [3.05, 3.63) is 59.4 Å². The summed E-state index contributed by atoms with van der Waals surface area (Å²) in [4.78, 5) is 8.88. The predicted octanol–water partition coefficient (Wildman–Crippen LogP) is 3.59. The van der Waals surface area contributed by atoms with E-state index in [0.29, 0.717) is 12.5 Å². The number of fused-ring (bicyclic) bond motifs is 1. The highest BCUT2D eigenvalue weighted by molar-refractivity contribution is 14.0. The van der Waals surface area contributed by atoms with E-state index in [0.717, 1.165) is 28.6 Å². The van der Waals surface area contributed by atoms with Gasteiger partial charge in [-0.25, -0.2) is 4.98 Å². The van der Waals surface area contributed by atoms with E-state index in [4.69, 9.17) is 4.42 Å². The number of hydrogen-bond acceptors (Lipinski definition) is 3. The minimum Gasteiger partial charge on any atom is -0.464 e. The second kappa shape index (κ2) is 8.37. The molecular weight excluding hydrogens is 429 g/mol. The van der Waals surface area contributed by atoms with Gasteiger partial charge in [-0.05, 0) is 45.0 Å². The molecule has 0 aromatic carbocycles. The van der Waals surface area contributed by atoms with Gasteiger partial charge in [-0.3, -0.25) is 4.99 Å². The van der Waals surface area contributed by atoms with E-state index in [1.54, 1.807) is 7.05 Å². The molecule has 1 unspecified atom stereocenters. The Labute approximate surface area is 164 Å². The Balaban J connectivity index is 0.00000225. The van der Waals surface area contributed by atoms with Crippen LogP contribution in [0.1, 0.15) is 35.9 Å². The van der Waals surface area contributed by atoms with Crippen LogP contribution in [0.3, 0.4) is 0 Å². The second-order valence-electron chi connectivity index (χ2n) is 5.87. The molecule has 3 rings (SSSR count). The zero-order chi connectivity index (χ0) is 17.1. The molecule has 3 aromatic rings. The fourth-order valence-electron chi connectivity index (χ4n) is 2.62. The number of nitrogens with one attached hydrogen (secondary N) is 2. The van der Waals surface area contributed by atoms with Crippen molar-refractivity contribution in [1.29, 1.82) is 0 Å². The smallest absolute Gasteiger partial charge is 0.191 e. The van der Waals surface area contributed by atoms with Crippen LogP contribution < -0.4 is 10.6 Å². The van der Waals surface area contributed by atoms with Crippen LogP contribution in [-0.4, -0.2) is 22.4 Å². The molecule has 0 saturated heterocycles. The Morgan fingerprint density at radius 1 is 1.28 bits per heavy atom. The maximum Gasteiger partial charge on any atom is 0.191 e. The number of imidazole rings is 1. The van der Waals surface area contributed by atoms with Gasteiger partial charge >= 0.3 is 0 Å². The fourth-order valence-corrected chi connectivity index (χ4v) is 2.62. The van der Waals surface area contributed by atoms with Crippen molar-refractivity contribution in [2.75, 3.05) is 7.05 Å². The largest absolute Gasteiger partial charge is 0.464 e. The maximum atomic E-state index is 5.65. The molecule has 3 heterocycles. The Kier molecular flexibility index (Phi) is 6.46. The van der Waals surface area contributed by atoms with Gasteiger partial charge in [0.2, 0.25) is 0 Å². The van der Waals surface area contributed by atoms with Gasteiger partial charge < -0.3 is 19.5 Å². The van der Waals surface area contributed by atoms with Crippen LogP contribution in [0.2, 0.25) is 0 Å². The van der Waals surface area contributed by atoms with Crippen LogP contribution in [0.15, 0.2) is 45.9 Å². The highest BCUT2D eigenvalue weighted by Crippen LogP contribution is 2.15. The molecule has 134 valence electrons. The third kappa shape index (κ3) is 4.53. The molecule has 0 fully saturated rings. The molecule has 0 spiro atoms. The van der Waals surface area contributed by atoms with Gasteiger partial charge in [0.15, 0.2) is 5.96 Å². The molecule has 1 atom stereocenters. The first-order valence-corrected chi connectivity index (χ1v) is 8.04. The molecule has 0 saturated carbocycles. The van der Waals surface area contributed by atoms with E-state index in [9.17, 15) is 0 Å². The number of halogens is 1. The number of rotatable bonds is 4. The Bertz CT molecular complexity index is 867. The average molecular weight is 453 g/mol. The van der Waals surface area contributed by atoms with E-state index in [1.807, 2.05) is 44.3 Å². The fraction of sp³-hybridized carbons (Fsp3) is 0.333. The number of hydrogen-bond donors (Lipinski definition) is 2. The number of pyridine rings is 1. The third-order valence-electron chi connectivity index (χ3n) is 3.95. The standard InChI is InChI=1S/C18H23N5O.HI/c1-12-6-5-7-17-22-15(11-23(12)17)10-20-18(19-4)21-14(3)16-9-8-13(2)24-16;/h5-9,11,14H,10H2,1-4H3,(H2,19,20,21);1H. The van der Waals surface area contributed by atoms with Crippen molar-refractivity contribution in [2.45, 2.75) is 33.4 Å². The lowest BCUT2D eigenvalue weighted by molar-refractivity contribution is 0.441. The normalized spacial score (nSPS) is 12.7. The van der Waals surface area contributed by atoms with E-state index in [-0.39, 0.29) is 30.0 Å². The quantitative estimate of drug-likeness (QED) is 0.360. The first-order valence-electron chi connectivity index (χ1n) is 8.04. The van der Waals surface area contributed by atoms with Crippen LogP contribution in [0.5, 0.6) is 0 Å². The van der Waals surface area contributed by atoms with Crippen LogP contribution in [0, 0.1) is 13.8 Å². The first kappa shape index (κ1) is 19.3. The van der Waals surface area contributed by atoms with Crippen molar-refractivity contribution in [2.24, 2.45) is 4.99 Å². The van der Waals surface area contributed by atoms with Crippen molar-refractivity contribution >= 4 is 35.6 Å². The van der Waals surface area contributed by atoms with Gasteiger partial charge in [-0.2, -0.15) is 0 Å². The van der Waals surface area contributed by atoms with Gasteiger partial charge in [0.05, 0.1) is 18.3 Å². The molecule has 0 radical (unpaired) electrons. The summed E-state index contributed by atoms with van der Waals surface area (Å²) >= 11 is 0. The molecule has 25 heavy (non-hydrogen) atoms. The lowest BCUT2D eigenvalue weighted by Gasteiger charge is -2.15. The number of guanidine groups is 1. The van der Waals surface area contributed by atoms with Crippen LogP contribution >= 0.6 is 24.0 Å². The summed E-state index contributed by atoms with van der Waals surface area (Å²) < 4.78 is 7.73. The van der Waals surface area contributed by atoms with Crippen molar-refractivity contribution in [1.82, 2.24) is 20.0 Å². The molecule has 6 nitrogen and oxygen atoms in total. The first-order chi connectivity index (χ1) is 11.6. The molecule has 2 N–H and O–H groups in total. The van der Waals surface area contributed by atoms with E-state index in [1.165, 1.54) is 0 Å². The number of aromatic nitrogens is 2. The summed E-state index contributed by atoms with van der Waals surface area (Å²) in [5.74, 6) is 2.51. The summed E-state index contributed by atoms with van der Waals surface area (Å²) in [5.41, 5.74) is 3.08. The van der Waals surface area contributed by atoms with E-state index in [2.05, 4.69) is 38.0 Å². The van der Waals surface area contributed by atoms with E-state index < -0.39 is 0 Å². The predicted molar refractivity (Wildman–Crippen MR) is 111 cm³/mol. The molecular formula is C18H24IN5O. The number of aryl methyl sites for hydroxylation is 2. The molecule has 0 aliphatic heterocycles. The lowest BCUT2D eigenvalue weighted by atomic mass is 10.2. The van der Waals surface area contributed by atoms with Gasteiger partial charge in [0, 0.05) is 18.9 Å². The summed E-state index contributed by atoms with van der Waals surface area (Å²) in [6, 6.07) is 10.1. The molecule has 0 aliphatic carbocycles. The van der Waals surface area contributed by atoms with Crippen LogP contribution in [-0.2, 0) is 6.54 Å². The minimum atomic E-state index is 0. The Hall–Kier alpha value is -2.03. The van der Waals surface area contributed by atoms with Gasteiger partial charge in [0.25, 0.3) is 0 Å². The summed E-state index contributed by atoms with van der Waals surface area (Å²) in [6.45, 7) is 6.65. The molecule has 0 amide bonds. The van der Waals surface area contributed by atoms with Crippen LogP contribution in [0.4, 0.5) is 0 Å². The summed E-state index contributed by atoms with van der Waals surface area (Å²) in [6.07, 6.45) is 2.05. The monoisotopic (exact) mass is 453 g/mol. The van der Waals surface area contributed by atoms with Gasteiger partial charge in [-0.15, -0.1) is 24.0 Å². The van der Waals surface area contributed by atoms with Crippen molar-refractivity contribution in [3.63, 3.8) is 0 Å². The average Bonchev–Trinajstić information content (AvgIpc) is 3.18. The molecule has 0 aliphatic rings. The SMILES string of the molecule is CN=C(NCc1cn2c(C)cccc2n1)NC(C)c1ccc(C)o1.I. The number of nitrogens with zero attached hydrogens (tertiary/aromatic N) is 3. The topological polar surface area (TPSA) is 66.9 Å². The number of furan rings is 1. The molecule has 0 bridgehead atoms. The lowest BCUT2D eigenvalue weighted by Crippen LogP contribution is -2.38. The van der Waals surface area contributed by atoms with E-state index >= 15 is 0 Å². The second-order valence-corrected chi connectivity index (χ2v) is 5.87. The minimum absolute atomic E-state index is 0. The van der Waals surface area contributed by atoms with Gasteiger partial charge in [0.1, 0.15) is 17.2 Å². The highest BCUT2D eigenvalue weighted by Gasteiger charge is 2.11. The van der Waals surface area contributed by atoms with Crippen LogP contribution in [0.25, 0.3) is 5.65 Å². The maximum absolute atomic E-state index is 5.65. The Morgan fingerprint density at radius 2 is 2.08 bits per heavy atom. The van der Waals surface area contributed by atoms with Gasteiger partial charge in [-0.1, -0.05) is 6.07 Å².